The number of carboxylic acids is 1. The van der Waals surface area contributed by atoms with E-state index in [-0.39, 0.29) is 24.5 Å². The van der Waals surface area contributed by atoms with Crippen LogP contribution >= 0.6 is 0 Å². The lowest BCUT2D eigenvalue weighted by Crippen LogP contribution is -2.49. The number of ether oxygens (including phenoxy) is 1. The van der Waals surface area contributed by atoms with Gasteiger partial charge in [-0.3, -0.25) is 9.59 Å². The standard InChI is InChI=1S/C13H22N2O4/c1-3-15(11-7-19-6-10(11)13(17)18)12(16)9-5-14-4-8(9)2/h8-11,14H,3-7H2,1-2H3,(H,17,18)/t8-,9-,10?,11?/m1/s1. The van der Waals surface area contributed by atoms with E-state index in [4.69, 9.17) is 4.74 Å². The van der Waals surface area contributed by atoms with Crippen LogP contribution in [0.2, 0.25) is 0 Å². The fraction of sp³-hybridized carbons (Fsp3) is 0.846. The van der Waals surface area contributed by atoms with E-state index in [1.807, 2.05) is 6.92 Å². The van der Waals surface area contributed by atoms with Crippen LogP contribution in [-0.4, -0.2) is 60.8 Å². The van der Waals surface area contributed by atoms with Crippen molar-refractivity contribution in [3.05, 3.63) is 0 Å². The molecule has 2 saturated heterocycles. The summed E-state index contributed by atoms with van der Waals surface area (Å²) < 4.78 is 5.26. The van der Waals surface area contributed by atoms with E-state index >= 15 is 0 Å². The van der Waals surface area contributed by atoms with Gasteiger partial charge in [-0.15, -0.1) is 0 Å². The van der Waals surface area contributed by atoms with Gasteiger partial charge in [0.05, 0.1) is 25.2 Å². The summed E-state index contributed by atoms with van der Waals surface area (Å²) in [6.07, 6.45) is 0. The molecule has 0 aliphatic carbocycles. The lowest BCUT2D eigenvalue weighted by molar-refractivity contribution is -0.146. The van der Waals surface area contributed by atoms with Crippen LogP contribution in [0.1, 0.15) is 13.8 Å². The molecule has 2 N–H and O–H groups in total. The first-order valence-corrected chi connectivity index (χ1v) is 6.88. The van der Waals surface area contributed by atoms with Crippen molar-refractivity contribution in [2.24, 2.45) is 17.8 Å². The summed E-state index contributed by atoms with van der Waals surface area (Å²) in [5.74, 6) is -1.18. The van der Waals surface area contributed by atoms with Gasteiger partial charge in [0, 0.05) is 13.1 Å². The Kier molecular flexibility index (Phi) is 4.42. The summed E-state index contributed by atoms with van der Waals surface area (Å²) in [5, 5.41) is 12.4. The predicted octanol–water partition coefficient (Wildman–Crippen LogP) is -0.210. The third-order valence-electron chi connectivity index (χ3n) is 4.23. The Bertz CT molecular complexity index is 361. The summed E-state index contributed by atoms with van der Waals surface area (Å²) in [4.78, 5) is 25.5. The molecule has 0 aromatic carbocycles. The Morgan fingerprint density at radius 1 is 1.32 bits per heavy atom. The SMILES string of the molecule is CCN(C(=O)[C@@H]1CNC[C@H]1C)C1COCC1C(=O)O. The lowest BCUT2D eigenvalue weighted by atomic mass is 9.94. The summed E-state index contributed by atoms with van der Waals surface area (Å²) in [6.45, 7) is 6.52. The zero-order valence-corrected chi connectivity index (χ0v) is 11.5. The molecule has 6 nitrogen and oxygen atoms in total. The van der Waals surface area contributed by atoms with Crippen molar-refractivity contribution in [3.8, 4) is 0 Å². The zero-order valence-electron chi connectivity index (χ0n) is 11.5. The fourth-order valence-electron chi connectivity index (χ4n) is 2.99. The van der Waals surface area contributed by atoms with Crippen molar-refractivity contribution in [2.45, 2.75) is 19.9 Å². The van der Waals surface area contributed by atoms with E-state index in [1.165, 1.54) is 0 Å². The highest BCUT2D eigenvalue weighted by molar-refractivity contribution is 5.81. The third kappa shape index (κ3) is 2.74. The van der Waals surface area contributed by atoms with Crippen molar-refractivity contribution in [2.75, 3.05) is 32.8 Å². The molecule has 2 aliphatic rings. The molecule has 2 unspecified atom stereocenters. The van der Waals surface area contributed by atoms with E-state index < -0.39 is 11.9 Å². The second-order valence-corrected chi connectivity index (χ2v) is 5.42. The maximum absolute atomic E-state index is 12.6. The van der Waals surface area contributed by atoms with Crippen LogP contribution in [0, 0.1) is 17.8 Å². The van der Waals surface area contributed by atoms with Gasteiger partial charge in [0.1, 0.15) is 5.92 Å². The van der Waals surface area contributed by atoms with E-state index in [0.717, 1.165) is 6.54 Å². The minimum absolute atomic E-state index is 0.0463. The van der Waals surface area contributed by atoms with Crippen LogP contribution < -0.4 is 5.32 Å². The van der Waals surface area contributed by atoms with Crippen LogP contribution in [0.25, 0.3) is 0 Å². The molecule has 2 aliphatic heterocycles. The van der Waals surface area contributed by atoms with Crippen LogP contribution in [0.3, 0.4) is 0 Å². The monoisotopic (exact) mass is 270 g/mol. The van der Waals surface area contributed by atoms with Gasteiger partial charge in [-0.1, -0.05) is 6.92 Å². The number of carbonyl (C=O) groups is 2. The number of likely N-dealkylation sites (N-methyl/N-ethyl adjacent to an activating group) is 1. The minimum Gasteiger partial charge on any atom is -0.481 e. The first-order valence-electron chi connectivity index (χ1n) is 6.88. The minimum atomic E-state index is -0.883. The van der Waals surface area contributed by atoms with Gasteiger partial charge in [-0.25, -0.2) is 0 Å². The highest BCUT2D eigenvalue weighted by Crippen LogP contribution is 2.25. The molecule has 0 aromatic rings. The van der Waals surface area contributed by atoms with Gasteiger partial charge in [0.25, 0.3) is 0 Å². The van der Waals surface area contributed by atoms with Gasteiger partial charge in [-0.2, -0.15) is 0 Å². The molecule has 2 heterocycles. The number of nitrogens with one attached hydrogen (secondary N) is 1. The molecule has 0 aromatic heterocycles. The molecule has 0 bridgehead atoms. The number of rotatable bonds is 4. The number of aliphatic carboxylic acids is 1. The number of hydrogen-bond donors (Lipinski definition) is 2. The Balaban J connectivity index is 2.10. The number of nitrogens with zero attached hydrogens (tertiary/aromatic N) is 1. The molecule has 0 spiro atoms. The maximum Gasteiger partial charge on any atom is 0.311 e. The van der Waals surface area contributed by atoms with E-state index in [2.05, 4.69) is 12.2 Å². The number of hydrogen-bond acceptors (Lipinski definition) is 4. The molecule has 108 valence electrons. The normalized spacial score (nSPS) is 34.4. The average Bonchev–Trinajstić information content (AvgIpc) is 2.98. The summed E-state index contributed by atoms with van der Waals surface area (Å²) in [7, 11) is 0. The van der Waals surface area contributed by atoms with E-state index in [1.54, 1.807) is 4.90 Å². The highest BCUT2D eigenvalue weighted by Gasteiger charge is 2.42. The Morgan fingerprint density at radius 3 is 2.58 bits per heavy atom. The topological polar surface area (TPSA) is 78.9 Å². The van der Waals surface area contributed by atoms with Crippen molar-refractivity contribution in [1.29, 1.82) is 0 Å². The van der Waals surface area contributed by atoms with Gasteiger partial charge >= 0.3 is 5.97 Å². The molecule has 4 atom stereocenters. The smallest absolute Gasteiger partial charge is 0.311 e. The molecule has 2 fully saturated rings. The molecule has 0 radical (unpaired) electrons. The van der Waals surface area contributed by atoms with Gasteiger partial charge < -0.3 is 20.1 Å². The average molecular weight is 270 g/mol. The maximum atomic E-state index is 12.6. The predicted molar refractivity (Wildman–Crippen MR) is 68.6 cm³/mol. The van der Waals surface area contributed by atoms with Crippen molar-refractivity contribution in [1.82, 2.24) is 10.2 Å². The Morgan fingerprint density at radius 2 is 2.05 bits per heavy atom. The van der Waals surface area contributed by atoms with Gasteiger partial charge in [0.2, 0.25) is 5.91 Å². The second kappa shape index (κ2) is 5.88. The van der Waals surface area contributed by atoms with Crippen molar-refractivity contribution < 1.29 is 19.4 Å². The summed E-state index contributed by atoms with van der Waals surface area (Å²) in [5.41, 5.74) is 0. The molecular weight excluding hydrogens is 248 g/mol. The van der Waals surface area contributed by atoms with Crippen LogP contribution in [0.4, 0.5) is 0 Å². The van der Waals surface area contributed by atoms with Crippen LogP contribution in [0.5, 0.6) is 0 Å². The number of carboxylic acid groups (broad SMARTS) is 1. The zero-order chi connectivity index (χ0) is 14.0. The molecule has 1 amide bonds. The second-order valence-electron chi connectivity index (χ2n) is 5.42. The van der Waals surface area contributed by atoms with E-state index in [0.29, 0.717) is 25.6 Å². The number of amides is 1. The van der Waals surface area contributed by atoms with Crippen molar-refractivity contribution in [3.63, 3.8) is 0 Å². The first-order chi connectivity index (χ1) is 9.06. The van der Waals surface area contributed by atoms with Gasteiger partial charge in [-0.05, 0) is 19.4 Å². The fourth-order valence-corrected chi connectivity index (χ4v) is 2.99. The molecule has 19 heavy (non-hydrogen) atoms. The largest absolute Gasteiger partial charge is 0.481 e. The molecule has 6 heteroatoms. The molecule has 0 saturated carbocycles. The Labute approximate surface area is 113 Å². The first kappa shape index (κ1) is 14.3. The van der Waals surface area contributed by atoms with Crippen LogP contribution in [0.15, 0.2) is 0 Å². The quantitative estimate of drug-likeness (QED) is 0.739. The molecule has 2 rings (SSSR count). The van der Waals surface area contributed by atoms with E-state index in [9.17, 15) is 14.7 Å². The Hall–Kier alpha value is -1.14. The summed E-state index contributed by atoms with van der Waals surface area (Å²) in [6, 6.07) is -0.331. The number of carbonyl (C=O) groups excluding carboxylic acids is 1. The van der Waals surface area contributed by atoms with Crippen LogP contribution in [-0.2, 0) is 14.3 Å². The highest BCUT2D eigenvalue weighted by atomic mass is 16.5. The summed E-state index contributed by atoms with van der Waals surface area (Å²) >= 11 is 0. The third-order valence-corrected chi connectivity index (χ3v) is 4.23. The van der Waals surface area contributed by atoms with Gasteiger partial charge in [0.15, 0.2) is 0 Å². The molecular formula is C13H22N2O4. The van der Waals surface area contributed by atoms with Crippen molar-refractivity contribution >= 4 is 11.9 Å². The lowest BCUT2D eigenvalue weighted by Gasteiger charge is -2.32.